The lowest BCUT2D eigenvalue weighted by Crippen LogP contribution is -2.04. The highest BCUT2D eigenvalue weighted by Crippen LogP contribution is 2.32. The van der Waals surface area contributed by atoms with Gasteiger partial charge in [0.1, 0.15) is 5.82 Å². The SMILES string of the molecule is Cc1nc2n(n1)Cc1cncn1-c1ccc(Br)cc1-2. The van der Waals surface area contributed by atoms with Crippen LogP contribution in [0.5, 0.6) is 0 Å². The lowest BCUT2D eigenvalue weighted by molar-refractivity contribution is 0.671. The highest BCUT2D eigenvalue weighted by atomic mass is 79.9. The fourth-order valence-electron chi connectivity index (χ4n) is 2.47. The molecule has 3 aromatic rings. The first-order chi connectivity index (χ1) is 9.22. The molecule has 0 fully saturated rings. The van der Waals surface area contributed by atoms with Crippen molar-refractivity contribution in [1.82, 2.24) is 24.3 Å². The van der Waals surface area contributed by atoms with Crippen LogP contribution in [0.25, 0.3) is 17.1 Å². The van der Waals surface area contributed by atoms with Crippen molar-refractivity contribution in [3.05, 3.63) is 46.7 Å². The van der Waals surface area contributed by atoms with Gasteiger partial charge < -0.3 is 4.57 Å². The van der Waals surface area contributed by atoms with Gasteiger partial charge in [0.2, 0.25) is 0 Å². The van der Waals surface area contributed by atoms with Crippen molar-refractivity contribution < 1.29 is 0 Å². The number of rotatable bonds is 0. The molecule has 6 heteroatoms. The summed E-state index contributed by atoms with van der Waals surface area (Å²) < 4.78 is 5.05. The number of aromatic nitrogens is 5. The number of fused-ring (bicyclic) bond motifs is 5. The Balaban J connectivity index is 2.12. The van der Waals surface area contributed by atoms with Gasteiger partial charge in [-0.3, -0.25) is 0 Å². The van der Waals surface area contributed by atoms with Gasteiger partial charge in [-0.25, -0.2) is 14.6 Å². The first kappa shape index (κ1) is 10.9. The molecule has 1 aliphatic heterocycles. The van der Waals surface area contributed by atoms with E-state index in [1.807, 2.05) is 30.2 Å². The number of hydrogen-bond acceptors (Lipinski definition) is 3. The molecular weight excluding hydrogens is 306 g/mol. The summed E-state index contributed by atoms with van der Waals surface area (Å²) in [5.41, 5.74) is 3.25. The predicted molar refractivity (Wildman–Crippen MR) is 74.1 cm³/mol. The minimum absolute atomic E-state index is 0.683. The molecule has 3 heterocycles. The van der Waals surface area contributed by atoms with E-state index in [0.29, 0.717) is 6.54 Å². The molecule has 0 saturated carbocycles. The first-order valence-electron chi connectivity index (χ1n) is 5.95. The van der Waals surface area contributed by atoms with Crippen molar-refractivity contribution in [3.8, 4) is 17.1 Å². The normalized spacial score (nSPS) is 12.5. The Morgan fingerprint density at radius 3 is 3.11 bits per heavy atom. The minimum Gasteiger partial charge on any atom is -0.301 e. The third-order valence-electron chi connectivity index (χ3n) is 3.26. The quantitative estimate of drug-likeness (QED) is 0.501. The summed E-state index contributed by atoms with van der Waals surface area (Å²) in [6.45, 7) is 2.60. The third-order valence-corrected chi connectivity index (χ3v) is 3.76. The Morgan fingerprint density at radius 1 is 1.32 bits per heavy atom. The topological polar surface area (TPSA) is 48.5 Å². The minimum atomic E-state index is 0.683. The molecule has 94 valence electrons. The van der Waals surface area contributed by atoms with Crippen LogP contribution in [0, 0.1) is 6.92 Å². The van der Waals surface area contributed by atoms with Crippen LogP contribution >= 0.6 is 15.9 Å². The van der Waals surface area contributed by atoms with Crippen LogP contribution in [0.1, 0.15) is 11.5 Å². The Bertz CT molecular complexity index is 786. The summed E-state index contributed by atoms with van der Waals surface area (Å²) in [5, 5.41) is 4.47. The molecule has 0 aliphatic carbocycles. The van der Waals surface area contributed by atoms with E-state index in [4.69, 9.17) is 0 Å². The molecule has 5 nitrogen and oxygen atoms in total. The van der Waals surface area contributed by atoms with Crippen molar-refractivity contribution >= 4 is 15.9 Å². The van der Waals surface area contributed by atoms with E-state index in [0.717, 1.165) is 33.1 Å². The van der Waals surface area contributed by atoms with Crippen LogP contribution in [0.4, 0.5) is 0 Å². The summed E-state index contributed by atoms with van der Waals surface area (Å²) >= 11 is 3.52. The Labute approximate surface area is 118 Å². The summed E-state index contributed by atoms with van der Waals surface area (Å²) in [6.07, 6.45) is 3.71. The number of aryl methyl sites for hydroxylation is 1. The van der Waals surface area contributed by atoms with Crippen LogP contribution in [-0.4, -0.2) is 24.3 Å². The van der Waals surface area contributed by atoms with Crippen molar-refractivity contribution in [2.45, 2.75) is 13.5 Å². The second-order valence-electron chi connectivity index (χ2n) is 4.56. The van der Waals surface area contributed by atoms with Crippen LogP contribution in [0.3, 0.4) is 0 Å². The molecule has 1 aliphatic rings. The van der Waals surface area contributed by atoms with Gasteiger partial charge in [0, 0.05) is 10.0 Å². The molecule has 19 heavy (non-hydrogen) atoms. The Hall–Kier alpha value is -1.95. The van der Waals surface area contributed by atoms with Gasteiger partial charge in [0.05, 0.1) is 30.5 Å². The fraction of sp³-hybridized carbons (Fsp3) is 0.154. The van der Waals surface area contributed by atoms with Crippen molar-refractivity contribution in [2.24, 2.45) is 0 Å². The van der Waals surface area contributed by atoms with E-state index < -0.39 is 0 Å². The lowest BCUT2D eigenvalue weighted by Gasteiger charge is -2.08. The molecule has 0 radical (unpaired) electrons. The average Bonchev–Trinajstić information content (AvgIpc) is 2.95. The van der Waals surface area contributed by atoms with Crippen molar-refractivity contribution in [2.75, 3.05) is 0 Å². The third kappa shape index (κ3) is 1.56. The van der Waals surface area contributed by atoms with Gasteiger partial charge in [0.15, 0.2) is 5.82 Å². The van der Waals surface area contributed by atoms with Crippen molar-refractivity contribution in [1.29, 1.82) is 0 Å². The van der Waals surface area contributed by atoms with Crippen LogP contribution in [0.2, 0.25) is 0 Å². The zero-order valence-corrected chi connectivity index (χ0v) is 11.8. The zero-order chi connectivity index (χ0) is 13.0. The maximum Gasteiger partial charge on any atom is 0.160 e. The molecule has 0 spiro atoms. The molecule has 2 aromatic heterocycles. The summed E-state index contributed by atoms with van der Waals surface area (Å²) in [5.74, 6) is 1.69. The van der Waals surface area contributed by atoms with Gasteiger partial charge in [-0.15, -0.1) is 0 Å². The largest absolute Gasteiger partial charge is 0.301 e. The average molecular weight is 316 g/mol. The van der Waals surface area contributed by atoms with E-state index in [-0.39, 0.29) is 0 Å². The molecule has 0 amide bonds. The van der Waals surface area contributed by atoms with E-state index >= 15 is 0 Å². The number of benzene rings is 1. The number of halogens is 1. The van der Waals surface area contributed by atoms with Crippen molar-refractivity contribution in [3.63, 3.8) is 0 Å². The van der Waals surface area contributed by atoms with E-state index in [2.05, 4.69) is 47.7 Å². The fourth-order valence-corrected chi connectivity index (χ4v) is 2.83. The maximum atomic E-state index is 4.55. The molecule has 0 bridgehead atoms. The van der Waals surface area contributed by atoms with E-state index in [9.17, 15) is 0 Å². The summed E-state index contributed by atoms with van der Waals surface area (Å²) in [7, 11) is 0. The first-order valence-corrected chi connectivity index (χ1v) is 6.74. The van der Waals surface area contributed by atoms with Gasteiger partial charge in [-0.1, -0.05) is 15.9 Å². The second kappa shape index (κ2) is 3.77. The van der Waals surface area contributed by atoms with Crippen LogP contribution in [0.15, 0.2) is 35.2 Å². The molecule has 4 rings (SSSR count). The van der Waals surface area contributed by atoms with Gasteiger partial charge in [-0.2, -0.15) is 5.10 Å². The van der Waals surface area contributed by atoms with Gasteiger partial charge in [0.25, 0.3) is 0 Å². The highest BCUT2D eigenvalue weighted by Gasteiger charge is 2.21. The monoisotopic (exact) mass is 315 g/mol. The molecule has 0 saturated heterocycles. The Morgan fingerprint density at radius 2 is 2.21 bits per heavy atom. The molecule has 0 unspecified atom stereocenters. The maximum absolute atomic E-state index is 4.55. The molecule has 1 aromatic carbocycles. The molecule has 0 atom stereocenters. The zero-order valence-electron chi connectivity index (χ0n) is 10.2. The number of nitrogens with zero attached hydrogens (tertiary/aromatic N) is 5. The smallest absolute Gasteiger partial charge is 0.160 e. The van der Waals surface area contributed by atoms with Crippen LogP contribution < -0.4 is 0 Å². The molecular formula is C13H10BrN5. The summed E-state index contributed by atoms with van der Waals surface area (Å²) in [6, 6.07) is 6.18. The Kier molecular flexibility index (Phi) is 2.17. The number of hydrogen-bond donors (Lipinski definition) is 0. The second-order valence-corrected chi connectivity index (χ2v) is 5.47. The summed E-state index contributed by atoms with van der Waals surface area (Å²) in [4.78, 5) is 8.79. The predicted octanol–water partition coefficient (Wildman–Crippen LogP) is 2.56. The van der Waals surface area contributed by atoms with Gasteiger partial charge >= 0.3 is 0 Å². The van der Waals surface area contributed by atoms with Crippen LogP contribution in [-0.2, 0) is 6.54 Å². The van der Waals surface area contributed by atoms with E-state index in [1.165, 1.54) is 0 Å². The molecule has 0 N–H and O–H groups in total. The number of imidazole rings is 1. The van der Waals surface area contributed by atoms with Gasteiger partial charge in [-0.05, 0) is 25.1 Å². The standard InChI is InChI=1S/C13H10BrN5/c1-8-16-13-11-4-9(14)2-3-12(11)18-7-15-5-10(18)6-19(13)17-8/h2-5,7H,6H2,1H3. The van der Waals surface area contributed by atoms with E-state index in [1.54, 1.807) is 0 Å². The highest BCUT2D eigenvalue weighted by molar-refractivity contribution is 9.10. The lowest BCUT2D eigenvalue weighted by atomic mass is 10.1.